The summed E-state index contributed by atoms with van der Waals surface area (Å²) in [6.07, 6.45) is -0.226. The van der Waals surface area contributed by atoms with Gasteiger partial charge in [-0.05, 0) is 36.5 Å². The average molecular weight is 518 g/mol. The summed E-state index contributed by atoms with van der Waals surface area (Å²) < 4.78 is 5.38. The SMILES string of the molecule is C[C@@H](C=O)NC(=O)N(CCc1ccccc1)CC(O)C(Cc1ccccc1)NC(=O)OCc1ccccc1. The second-order valence-corrected chi connectivity index (χ2v) is 9.13. The van der Waals surface area contributed by atoms with Crippen LogP contribution in [0.1, 0.15) is 23.6 Å². The summed E-state index contributed by atoms with van der Waals surface area (Å²) in [5, 5.41) is 16.7. The number of carbonyl (C=O) groups is 3. The molecule has 0 heterocycles. The zero-order valence-electron chi connectivity index (χ0n) is 21.5. The van der Waals surface area contributed by atoms with Crippen molar-refractivity contribution in [2.75, 3.05) is 13.1 Å². The third-order valence-corrected chi connectivity index (χ3v) is 6.04. The Kier molecular flexibility index (Phi) is 11.3. The maximum Gasteiger partial charge on any atom is 0.407 e. The number of hydrogen-bond acceptors (Lipinski definition) is 5. The van der Waals surface area contributed by atoms with E-state index in [1.54, 1.807) is 6.92 Å². The van der Waals surface area contributed by atoms with Crippen LogP contribution in [0.4, 0.5) is 9.59 Å². The van der Waals surface area contributed by atoms with Crippen molar-refractivity contribution in [3.63, 3.8) is 0 Å². The molecule has 3 amide bonds. The van der Waals surface area contributed by atoms with Crippen molar-refractivity contribution in [2.24, 2.45) is 0 Å². The molecule has 3 aromatic carbocycles. The minimum absolute atomic E-state index is 0.0549. The number of alkyl carbamates (subject to hydrolysis) is 1. The monoisotopic (exact) mass is 517 g/mol. The normalized spacial score (nSPS) is 13.0. The molecular weight excluding hydrogens is 482 g/mol. The second kappa shape index (κ2) is 15.2. The van der Waals surface area contributed by atoms with Crippen LogP contribution in [0.2, 0.25) is 0 Å². The summed E-state index contributed by atoms with van der Waals surface area (Å²) in [6, 6.07) is 26.6. The molecule has 8 heteroatoms. The van der Waals surface area contributed by atoms with E-state index in [0.717, 1.165) is 16.7 Å². The number of rotatable bonds is 13. The lowest BCUT2D eigenvalue weighted by atomic mass is 10.0. The van der Waals surface area contributed by atoms with E-state index in [0.29, 0.717) is 25.7 Å². The van der Waals surface area contributed by atoms with Gasteiger partial charge in [-0.2, -0.15) is 0 Å². The van der Waals surface area contributed by atoms with Gasteiger partial charge in [0, 0.05) is 6.54 Å². The molecule has 0 spiro atoms. The number of aldehydes is 1. The Balaban J connectivity index is 1.71. The van der Waals surface area contributed by atoms with Crippen LogP contribution in [0.5, 0.6) is 0 Å². The van der Waals surface area contributed by atoms with E-state index in [1.807, 2.05) is 91.0 Å². The molecule has 0 fully saturated rings. The minimum atomic E-state index is -1.10. The van der Waals surface area contributed by atoms with Crippen molar-refractivity contribution >= 4 is 18.4 Å². The Labute approximate surface area is 223 Å². The Morgan fingerprint density at radius 1 is 0.868 bits per heavy atom. The molecule has 0 bridgehead atoms. The van der Waals surface area contributed by atoms with Crippen molar-refractivity contribution in [3.8, 4) is 0 Å². The molecule has 0 aliphatic carbocycles. The van der Waals surface area contributed by atoms with Gasteiger partial charge >= 0.3 is 12.1 Å². The van der Waals surface area contributed by atoms with Crippen LogP contribution >= 0.6 is 0 Å². The van der Waals surface area contributed by atoms with Gasteiger partial charge in [0.05, 0.1) is 24.7 Å². The Morgan fingerprint density at radius 3 is 2.00 bits per heavy atom. The van der Waals surface area contributed by atoms with Gasteiger partial charge in [-0.25, -0.2) is 9.59 Å². The summed E-state index contributed by atoms with van der Waals surface area (Å²) in [6.45, 7) is 1.94. The molecule has 0 aliphatic rings. The molecule has 3 rings (SSSR count). The number of amides is 3. The molecule has 0 saturated carbocycles. The molecule has 3 N–H and O–H groups in total. The maximum atomic E-state index is 13.0. The number of urea groups is 1. The van der Waals surface area contributed by atoms with Crippen LogP contribution in [0.15, 0.2) is 91.0 Å². The predicted octanol–water partition coefficient (Wildman–Crippen LogP) is 3.73. The summed E-state index contributed by atoms with van der Waals surface area (Å²) >= 11 is 0. The van der Waals surface area contributed by atoms with Gasteiger partial charge in [-0.1, -0.05) is 91.0 Å². The van der Waals surface area contributed by atoms with E-state index in [1.165, 1.54) is 4.90 Å². The van der Waals surface area contributed by atoms with Gasteiger partial charge in [0.1, 0.15) is 12.9 Å². The largest absolute Gasteiger partial charge is 0.445 e. The quantitative estimate of drug-likeness (QED) is 0.300. The van der Waals surface area contributed by atoms with E-state index >= 15 is 0 Å². The predicted molar refractivity (Wildman–Crippen MR) is 145 cm³/mol. The van der Waals surface area contributed by atoms with E-state index in [-0.39, 0.29) is 13.2 Å². The highest BCUT2D eigenvalue weighted by molar-refractivity contribution is 5.78. The topological polar surface area (TPSA) is 108 Å². The number of nitrogens with zero attached hydrogens (tertiary/aromatic N) is 1. The van der Waals surface area contributed by atoms with Crippen LogP contribution in [-0.4, -0.2) is 59.7 Å². The van der Waals surface area contributed by atoms with Crippen LogP contribution in [0.3, 0.4) is 0 Å². The van der Waals surface area contributed by atoms with E-state index in [4.69, 9.17) is 4.74 Å². The summed E-state index contributed by atoms with van der Waals surface area (Å²) in [5.74, 6) is 0. The highest BCUT2D eigenvalue weighted by Gasteiger charge is 2.27. The molecule has 3 atom stereocenters. The van der Waals surface area contributed by atoms with Gasteiger partial charge in [-0.15, -0.1) is 0 Å². The molecule has 200 valence electrons. The fraction of sp³-hybridized carbons (Fsp3) is 0.300. The van der Waals surface area contributed by atoms with Gasteiger partial charge < -0.3 is 30.2 Å². The Morgan fingerprint density at radius 2 is 1.42 bits per heavy atom. The number of nitrogens with one attached hydrogen (secondary N) is 2. The third-order valence-electron chi connectivity index (χ3n) is 6.04. The highest BCUT2D eigenvalue weighted by atomic mass is 16.5. The standard InChI is InChI=1S/C30H35N3O5/c1-23(21-34)31-29(36)33(18-17-24-11-5-2-6-12-24)20-28(35)27(19-25-13-7-3-8-14-25)32-30(37)38-22-26-15-9-4-10-16-26/h2-16,21,23,27-28,35H,17-20,22H2,1H3,(H,31,36)(H,32,37)/t23-,27?,28?/m0/s1. The molecule has 0 aromatic heterocycles. The van der Waals surface area contributed by atoms with Crippen LogP contribution in [0, 0.1) is 0 Å². The third kappa shape index (κ3) is 9.71. The van der Waals surface area contributed by atoms with Crippen LogP contribution in [-0.2, 0) is 29.0 Å². The summed E-state index contributed by atoms with van der Waals surface area (Å²) in [5.41, 5.74) is 2.79. The van der Waals surface area contributed by atoms with Gasteiger partial charge in [0.2, 0.25) is 0 Å². The zero-order valence-corrected chi connectivity index (χ0v) is 21.5. The molecule has 8 nitrogen and oxygen atoms in total. The fourth-order valence-electron chi connectivity index (χ4n) is 3.93. The van der Waals surface area contributed by atoms with Crippen LogP contribution < -0.4 is 10.6 Å². The summed E-state index contributed by atoms with van der Waals surface area (Å²) in [4.78, 5) is 38.2. The molecule has 0 radical (unpaired) electrons. The minimum Gasteiger partial charge on any atom is -0.445 e. The second-order valence-electron chi connectivity index (χ2n) is 9.13. The highest BCUT2D eigenvalue weighted by Crippen LogP contribution is 2.11. The van der Waals surface area contributed by atoms with Gasteiger partial charge in [0.25, 0.3) is 0 Å². The van der Waals surface area contributed by atoms with Crippen molar-refractivity contribution in [2.45, 2.75) is 44.6 Å². The molecular formula is C30H35N3O5. The van der Waals surface area contributed by atoms with Crippen molar-refractivity contribution in [1.82, 2.24) is 15.5 Å². The fourth-order valence-corrected chi connectivity index (χ4v) is 3.93. The first-order valence-electron chi connectivity index (χ1n) is 12.7. The lowest BCUT2D eigenvalue weighted by Crippen LogP contribution is -2.53. The molecule has 3 aromatic rings. The number of benzene rings is 3. The van der Waals surface area contributed by atoms with Crippen molar-refractivity contribution < 1.29 is 24.2 Å². The number of ether oxygens (including phenoxy) is 1. The number of carbonyl (C=O) groups excluding carboxylic acids is 3. The molecule has 2 unspecified atom stereocenters. The van der Waals surface area contributed by atoms with Gasteiger partial charge in [-0.3, -0.25) is 0 Å². The number of hydrogen-bond donors (Lipinski definition) is 3. The maximum absolute atomic E-state index is 13.0. The lowest BCUT2D eigenvalue weighted by molar-refractivity contribution is -0.109. The van der Waals surface area contributed by atoms with Crippen molar-refractivity contribution in [3.05, 3.63) is 108 Å². The van der Waals surface area contributed by atoms with E-state index in [2.05, 4.69) is 10.6 Å². The van der Waals surface area contributed by atoms with Gasteiger partial charge in [0.15, 0.2) is 0 Å². The summed E-state index contributed by atoms with van der Waals surface area (Å²) in [7, 11) is 0. The Hall–Kier alpha value is -4.17. The average Bonchev–Trinajstić information content (AvgIpc) is 2.95. The smallest absolute Gasteiger partial charge is 0.407 e. The van der Waals surface area contributed by atoms with Crippen LogP contribution in [0.25, 0.3) is 0 Å². The lowest BCUT2D eigenvalue weighted by Gasteiger charge is -2.30. The van der Waals surface area contributed by atoms with E-state index < -0.39 is 30.3 Å². The first-order valence-corrected chi connectivity index (χ1v) is 12.7. The first kappa shape index (κ1) is 28.4. The molecule has 0 aliphatic heterocycles. The van der Waals surface area contributed by atoms with E-state index in [9.17, 15) is 19.5 Å². The zero-order chi connectivity index (χ0) is 27.2. The van der Waals surface area contributed by atoms with Crippen molar-refractivity contribution in [1.29, 1.82) is 0 Å². The first-order chi connectivity index (χ1) is 18.4. The number of aliphatic hydroxyl groups excluding tert-OH is 1. The molecule has 0 saturated heterocycles. The molecule has 38 heavy (non-hydrogen) atoms. The Bertz CT molecular complexity index is 1130. The number of aliphatic hydroxyl groups is 1.